The molecule has 6 heteroatoms. The lowest BCUT2D eigenvalue weighted by atomic mass is 10.1. The van der Waals surface area contributed by atoms with Crippen LogP contribution in [0.3, 0.4) is 0 Å². The Morgan fingerprint density at radius 3 is 2.67 bits per heavy atom. The number of rotatable bonds is 4. The summed E-state index contributed by atoms with van der Waals surface area (Å²) in [5, 5.41) is 11.7. The molecule has 4 nitrogen and oxygen atoms in total. The molecule has 21 heavy (non-hydrogen) atoms. The highest BCUT2D eigenvalue weighted by molar-refractivity contribution is 9.10. The van der Waals surface area contributed by atoms with Crippen molar-refractivity contribution >= 4 is 33.2 Å². The van der Waals surface area contributed by atoms with Crippen molar-refractivity contribution in [1.29, 1.82) is 0 Å². The Morgan fingerprint density at radius 2 is 2.00 bits per heavy atom. The molecule has 0 N–H and O–H groups in total. The minimum atomic E-state index is -0.418. The molecule has 0 aromatic heterocycles. The van der Waals surface area contributed by atoms with Gasteiger partial charge in [0.25, 0.3) is 5.69 Å². The average molecular weight is 371 g/mol. The number of nitro benzene ring substituents is 1. The molecule has 0 fully saturated rings. The summed E-state index contributed by atoms with van der Waals surface area (Å²) in [7, 11) is 0. The Hall–Kier alpha value is -1.59. The quantitative estimate of drug-likeness (QED) is 0.548. The van der Waals surface area contributed by atoms with E-state index in [9.17, 15) is 10.1 Å². The predicted molar refractivity (Wildman–Crippen MR) is 86.1 cm³/mol. The van der Waals surface area contributed by atoms with Crippen LogP contribution in [0.25, 0.3) is 0 Å². The van der Waals surface area contributed by atoms with Gasteiger partial charge in [0.05, 0.1) is 10.5 Å². The minimum Gasteiger partial charge on any atom is -0.488 e. The van der Waals surface area contributed by atoms with Gasteiger partial charge in [-0.2, -0.15) is 0 Å². The van der Waals surface area contributed by atoms with Crippen LogP contribution in [0.2, 0.25) is 5.02 Å². The first-order chi connectivity index (χ1) is 9.90. The van der Waals surface area contributed by atoms with Crippen LogP contribution in [0.5, 0.6) is 5.75 Å². The summed E-state index contributed by atoms with van der Waals surface area (Å²) in [5.74, 6) is 0.621. The fourth-order valence-corrected chi connectivity index (χ4v) is 2.60. The van der Waals surface area contributed by atoms with Crippen LogP contribution >= 0.6 is 27.5 Å². The molecular weight excluding hydrogens is 358 g/mol. The maximum atomic E-state index is 11.1. The number of nitro groups is 1. The molecular formula is C15H13BrClNO3. The van der Waals surface area contributed by atoms with E-state index in [4.69, 9.17) is 16.3 Å². The van der Waals surface area contributed by atoms with Crippen LogP contribution in [-0.4, -0.2) is 4.92 Å². The van der Waals surface area contributed by atoms with Gasteiger partial charge in [0.15, 0.2) is 0 Å². The van der Waals surface area contributed by atoms with E-state index in [1.165, 1.54) is 6.07 Å². The number of hydrogen-bond acceptors (Lipinski definition) is 3. The molecule has 110 valence electrons. The molecule has 0 unspecified atom stereocenters. The van der Waals surface area contributed by atoms with Crippen LogP contribution in [0.4, 0.5) is 5.69 Å². The van der Waals surface area contributed by atoms with E-state index in [1.54, 1.807) is 18.2 Å². The molecule has 0 aliphatic rings. The van der Waals surface area contributed by atoms with Gasteiger partial charge in [0.2, 0.25) is 0 Å². The standard InChI is InChI=1S/C15H13BrClNO3/c1-9-6-10(2)15(7-13(9)17)21-8-11-12(16)4-3-5-14(11)18(19)20/h3-7H,8H2,1-2H3. The van der Waals surface area contributed by atoms with Crippen LogP contribution in [-0.2, 0) is 6.61 Å². The first kappa shape index (κ1) is 15.8. The van der Waals surface area contributed by atoms with Crippen molar-refractivity contribution in [3.05, 3.63) is 66.6 Å². The zero-order chi connectivity index (χ0) is 15.6. The highest BCUT2D eigenvalue weighted by atomic mass is 79.9. The van der Waals surface area contributed by atoms with Gasteiger partial charge in [0.1, 0.15) is 12.4 Å². The first-order valence-electron chi connectivity index (χ1n) is 6.21. The number of benzene rings is 2. The summed E-state index contributed by atoms with van der Waals surface area (Å²) in [4.78, 5) is 10.6. The molecule has 2 rings (SSSR count). The van der Waals surface area contributed by atoms with Gasteiger partial charge in [-0.1, -0.05) is 39.7 Å². The fourth-order valence-electron chi connectivity index (χ4n) is 1.97. The van der Waals surface area contributed by atoms with Crippen molar-refractivity contribution in [2.24, 2.45) is 0 Å². The molecule has 0 atom stereocenters. The van der Waals surface area contributed by atoms with Gasteiger partial charge < -0.3 is 4.74 Å². The smallest absolute Gasteiger partial charge is 0.277 e. The van der Waals surface area contributed by atoms with E-state index in [0.29, 0.717) is 20.8 Å². The third-order valence-electron chi connectivity index (χ3n) is 3.12. The normalized spacial score (nSPS) is 10.5. The minimum absolute atomic E-state index is 0.0280. The zero-order valence-electron chi connectivity index (χ0n) is 11.5. The predicted octanol–water partition coefficient (Wildman–Crippen LogP) is 5.21. The van der Waals surface area contributed by atoms with Gasteiger partial charge in [0, 0.05) is 15.6 Å². The molecule has 0 saturated carbocycles. The Bertz CT molecular complexity index is 704. The van der Waals surface area contributed by atoms with Crippen LogP contribution in [0, 0.1) is 24.0 Å². The lowest BCUT2D eigenvalue weighted by Crippen LogP contribution is -2.02. The van der Waals surface area contributed by atoms with Crippen LogP contribution < -0.4 is 4.74 Å². The van der Waals surface area contributed by atoms with E-state index >= 15 is 0 Å². The molecule has 2 aromatic rings. The first-order valence-corrected chi connectivity index (χ1v) is 7.38. The third kappa shape index (κ3) is 3.54. The summed E-state index contributed by atoms with van der Waals surface area (Å²) >= 11 is 9.41. The topological polar surface area (TPSA) is 52.4 Å². The van der Waals surface area contributed by atoms with Gasteiger partial charge in [-0.15, -0.1) is 0 Å². The lowest BCUT2D eigenvalue weighted by Gasteiger charge is -2.12. The Morgan fingerprint density at radius 1 is 1.29 bits per heavy atom. The fraction of sp³-hybridized carbons (Fsp3) is 0.200. The second-order valence-electron chi connectivity index (χ2n) is 4.65. The van der Waals surface area contributed by atoms with Gasteiger partial charge >= 0.3 is 0 Å². The highest BCUT2D eigenvalue weighted by Gasteiger charge is 2.17. The lowest BCUT2D eigenvalue weighted by molar-refractivity contribution is -0.385. The molecule has 0 radical (unpaired) electrons. The second kappa shape index (κ2) is 6.45. The van der Waals surface area contributed by atoms with E-state index in [0.717, 1.165) is 11.1 Å². The summed E-state index contributed by atoms with van der Waals surface area (Å²) < 4.78 is 6.36. The summed E-state index contributed by atoms with van der Waals surface area (Å²) in [6.07, 6.45) is 0. The molecule has 0 heterocycles. The van der Waals surface area contributed by atoms with Gasteiger partial charge in [-0.25, -0.2) is 0 Å². The number of halogens is 2. The van der Waals surface area contributed by atoms with Crippen LogP contribution in [0.15, 0.2) is 34.8 Å². The molecule has 0 saturated heterocycles. The second-order valence-corrected chi connectivity index (χ2v) is 5.91. The number of nitrogens with zero attached hydrogens (tertiary/aromatic N) is 1. The Kier molecular flexibility index (Phi) is 4.85. The van der Waals surface area contributed by atoms with Crippen molar-refractivity contribution in [3.63, 3.8) is 0 Å². The molecule has 0 amide bonds. The van der Waals surface area contributed by atoms with Crippen molar-refractivity contribution in [3.8, 4) is 5.75 Å². The van der Waals surface area contributed by atoms with E-state index in [-0.39, 0.29) is 12.3 Å². The molecule has 0 aliphatic carbocycles. The van der Waals surface area contributed by atoms with Crippen molar-refractivity contribution < 1.29 is 9.66 Å². The average Bonchev–Trinajstić information content (AvgIpc) is 2.42. The third-order valence-corrected chi connectivity index (χ3v) is 4.27. The van der Waals surface area contributed by atoms with E-state index in [1.807, 2.05) is 19.9 Å². The van der Waals surface area contributed by atoms with Gasteiger partial charge in [-0.05, 0) is 37.1 Å². The van der Waals surface area contributed by atoms with Crippen molar-refractivity contribution in [2.45, 2.75) is 20.5 Å². The monoisotopic (exact) mass is 369 g/mol. The maximum Gasteiger partial charge on any atom is 0.277 e. The summed E-state index contributed by atoms with van der Waals surface area (Å²) in [6, 6.07) is 8.49. The van der Waals surface area contributed by atoms with E-state index < -0.39 is 4.92 Å². The maximum absolute atomic E-state index is 11.1. The largest absolute Gasteiger partial charge is 0.488 e. The summed E-state index contributed by atoms with van der Waals surface area (Å²) in [5.41, 5.74) is 2.43. The molecule has 2 aromatic carbocycles. The molecule has 0 bridgehead atoms. The van der Waals surface area contributed by atoms with Crippen LogP contribution in [0.1, 0.15) is 16.7 Å². The molecule has 0 aliphatic heterocycles. The van der Waals surface area contributed by atoms with Gasteiger partial charge in [-0.3, -0.25) is 10.1 Å². The Labute approximate surface area is 136 Å². The summed E-state index contributed by atoms with van der Waals surface area (Å²) in [6.45, 7) is 3.92. The number of aryl methyl sites for hydroxylation is 2. The zero-order valence-corrected chi connectivity index (χ0v) is 13.9. The SMILES string of the molecule is Cc1cc(C)c(OCc2c(Br)cccc2[N+](=O)[O-])cc1Cl. The van der Waals surface area contributed by atoms with E-state index in [2.05, 4.69) is 15.9 Å². The van der Waals surface area contributed by atoms with Crippen molar-refractivity contribution in [1.82, 2.24) is 0 Å². The van der Waals surface area contributed by atoms with Crippen molar-refractivity contribution in [2.75, 3.05) is 0 Å². The molecule has 0 spiro atoms. The number of hydrogen-bond donors (Lipinski definition) is 0. The Balaban J connectivity index is 2.29. The highest BCUT2D eigenvalue weighted by Crippen LogP contribution is 2.30. The number of ether oxygens (including phenoxy) is 1.